The highest BCUT2D eigenvalue weighted by atomic mass is 16.5. The molecule has 1 aliphatic rings. The van der Waals surface area contributed by atoms with Crippen LogP contribution in [0.25, 0.3) is 0 Å². The molecule has 4 heteroatoms. The van der Waals surface area contributed by atoms with Crippen molar-refractivity contribution >= 4 is 6.03 Å². The lowest BCUT2D eigenvalue weighted by molar-refractivity contribution is 0.118. The first-order chi connectivity index (χ1) is 7.13. The second-order valence-electron chi connectivity index (χ2n) is 4.38. The van der Waals surface area contributed by atoms with Crippen LogP contribution in [0.5, 0.6) is 0 Å². The van der Waals surface area contributed by atoms with E-state index in [2.05, 4.69) is 17.6 Å². The maximum Gasteiger partial charge on any atom is 0.315 e. The highest BCUT2D eigenvalue weighted by Gasteiger charge is 2.24. The number of nitrogens with one attached hydrogen (secondary N) is 2. The zero-order chi connectivity index (χ0) is 11.3. The third-order valence-electron chi connectivity index (χ3n) is 3.17. The van der Waals surface area contributed by atoms with E-state index in [0.29, 0.717) is 12.5 Å². The number of methoxy groups -OCH3 is 1. The van der Waals surface area contributed by atoms with Gasteiger partial charge in [0.2, 0.25) is 0 Å². The van der Waals surface area contributed by atoms with Crippen LogP contribution in [-0.4, -0.2) is 31.8 Å². The Hall–Kier alpha value is -0.770. The Labute approximate surface area is 91.8 Å². The van der Waals surface area contributed by atoms with Crippen LogP contribution < -0.4 is 10.6 Å². The molecule has 0 aromatic rings. The number of hydrogen-bond donors (Lipinski definition) is 2. The third-order valence-corrected chi connectivity index (χ3v) is 3.17. The number of urea groups is 1. The highest BCUT2D eigenvalue weighted by Crippen LogP contribution is 2.29. The van der Waals surface area contributed by atoms with Crippen molar-refractivity contribution in [1.29, 1.82) is 0 Å². The van der Waals surface area contributed by atoms with Gasteiger partial charge in [-0.2, -0.15) is 0 Å². The van der Waals surface area contributed by atoms with Crippen molar-refractivity contribution in [3.63, 3.8) is 0 Å². The molecule has 0 saturated heterocycles. The Kier molecular flexibility index (Phi) is 4.88. The molecule has 0 radical (unpaired) electrons. The van der Waals surface area contributed by atoms with Crippen molar-refractivity contribution < 1.29 is 9.53 Å². The van der Waals surface area contributed by atoms with Crippen LogP contribution >= 0.6 is 0 Å². The largest absolute Gasteiger partial charge is 0.380 e. The van der Waals surface area contributed by atoms with Gasteiger partial charge in [0, 0.05) is 19.7 Å². The molecule has 2 atom stereocenters. The number of rotatable bonds is 5. The molecular weight excluding hydrogens is 192 g/mol. The van der Waals surface area contributed by atoms with E-state index in [-0.39, 0.29) is 18.2 Å². The molecule has 1 rings (SSSR count). The second kappa shape index (κ2) is 5.95. The smallest absolute Gasteiger partial charge is 0.315 e. The summed E-state index contributed by atoms with van der Waals surface area (Å²) in [5.41, 5.74) is 0. The zero-order valence-electron chi connectivity index (χ0n) is 9.88. The summed E-state index contributed by atoms with van der Waals surface area (Å²) in [5.74, 6) is 0.676. The Balaban J connectivity index is 2.11. The molecular formula is C11H22N2O2. The highest BCUT2D eigenvalue weighted by molar-refractivity contribution is 5.74. The standard InChI is InChI=1S/C11H22N2O2/c1-8(15-3)7-12-11(14)13-9(2)10-5-4-6-10/h8-10H,4-7H2,1-3H3,(H2,12,13,14)/t8-,9-/m1/s1. The van der Waals surface area contributed by atoms with Gasteiger partial charge in [0.05, 0.1) is 6.10 Å². The van der Waals surface area contributed by atoms with E-state index < -0.39 is 0 Å². The van der Waals surface area contributed by atoms with E-state index in [1.807, 2.05) is 6.92 Å². The Morgan fingerprint density at radius 3 is 2.60 bits per heavy atom. The molecule has 0 aromatic heterocycles. The molecule has 1 saturated carbocycles. The third kappa shape index (κ3) is 4.08. The summed E-state index contributed by atoms with van der Waals surface area (Å²) in [5, 5.41) is 5.75. The first-order valence-corrected chi connectivity index (χ1v) is 5.70. The maximum absolute atomic E-state index is 11.4. The minimum atomic E-state index is -0.0849. The molecule has 15 heavy (non-hydrogen) atoms. The van der Waals surface area contributed by atoms with Crippen LogP contribution in [0.4, 0.5) is 4.79 Å². The molecule has 1 aliphatic carbocycles. The number of amides is 2. The summed E-state index contributed by atoms with van der Waals surface area (Å²) in [7, 11) is 1.64. The summed E-state index contributed by atoms with van der Waals surface area (Å²) < 4.78 is 5.04. The molecule has 0 aromatic carbocycles. The van der Waals surface area contributed by atoms with Crippen molar-refractivity contribution in [1.82, 2.24) is 10.6 Å². The molecule has 0 bridgehead atoms. The van der Waals surface area contributed by atoms with Crippen molar-refractivity contribution in [3.05, 3.63) is 0 Å². The lowest BCUT2D eigenvalue weighted by Gasteiger charge is -2.31. The summed E-state index contributed by atoms with van der Waals surface area (Å²) in [6.45, 7) is 4.55. The van der Waals surface area contributed by atoms with Crippen LogP contribution in [0.1, 0.15) is 33.1 Å². The first kappa shape index (κ1) is 12.3. The zero-order valence-corrected chi connectivity index (χ0v) is 9.88. The Morgan fingerprint density at radius 2 is 2.13 bits per heavy atom. The lowest BCUT2D eigenvalue weighted by atomic mass is 9.80. The summed E-state index contributed by atoms with van der Waals surface area (Å²) in [6, 6.07) is 0.204. The first-order valence-electron chi connectivity index (χ1n) is 5.70. The topological polar surface area (TPSA) is 50.4 Å². The van der Waals surface area contributed by atoms with Crippen molar-refractivity contribution in [2.75, 3.05) is 13.7 Å². The van der Waals surface area contributed by atoms with Crippen LogP contribution in [0.15, 0.2) is 0 Å². The number of carbonyl (C=O) groups excluding carboxylic acids is 1. The van der Waals surface area contributed by atoms with Gasteiger partial charge in [-0.25, -0.2) is 4.79 Å². The molecule has 0 aliphatic heterocycles. The van der Waals surface area contributed by atoms with E-state index in [9.17, 15) is 4.79 Å². The van der Waals surface area contributed by atoms with Gasteiger partial charge in [-0.3, -0.25) is 0 Å². The van der Waals surface area contributed by atoms with Gasteiger partial charge in [0.1, 0.15) is 0 Å². The summed E-state index contributed by atoms with van der Waals surface area (Å²) in [4.78, 5) is 11.4. The maximum atomic E-state index is 11.4. The van der Waals surface area contributed by atoms with E-state index in [1.165, 1.54) is 19.3 Å². The summed E-state index contributed by atoms with van der Waals surface area (Å²) in [6.07, 6.45) is 3.86. The molecule has 1 fully saturated rings. The molecule has 0 unspecified atom stereocenters. The van der Waals surface area contributed by atoms with Gasteiger partial charge in [-0.15, -0.1) is 0 Å². The fraction of sp³-hybridized carbons (Fsp3) is 0.909. The number of ether oxygens (including phenoxy) is 1. The quantitative estimate of drug-likeness (QED) is 0.729. The predicted octanol–water partition coefficient (Wildman–Crippen LogP) is 1.51. The normalized spacial score (nSPS) is 20.2. The van der Waals surface area contributed by atoms with Crippen molar-refractivity contribution in [3.8, 4) is 0 Å². The van der Waals surface area contributed by atoms with Gasteiger partial charge in [0.15, 0.2) is 0 Å². The molecule has 2 N–H and O–H groups in total. The van der Waals surface area contributed by atoms with Crippen molar-refractivity contribution in [2.45, 2.75) is 45.3 Å². The number of hydrogen-bond acceptors (Lipinski definition) is 2. The minimum absolute atomic E-state index is 0.0646. The predicted molar refractivity (Wildman–Crippen MR) is 59.8 cm³/mol. The van der Waals surface area contributed by atoms with Crippen LogP contribution in [0, 0.1) is 5.92 Å². The monoisotopic (exact) mass is 214 g/mol. The molecule has 88 valence electrons. The Morgan fingerprint density at radius 1 is 1.47 bits per heavy atom. The van der Waals surface area contributed by atoms with Gasteiger partial charge in [-0.1, -0.05) is 6.42 Å². The molecule has 0 heterocycles. The van der Waals surface area contributed by atoms with Crippen LogP contribution in [0.3, 0.4) is 0 Å². The SMILES string of the molecule is CO[C@H](C)CNC(=O)N[C@H](C)C1CCC1. The van der Waals surface area contributed by atoms with Gasteiger partial charge in [-0.05, 0) is 32.6 Å². The minimum Gasteiger partial charge on any atom is -0.380 e. The lowest BCUT2D eigenvalue weighted by Crippen LogP contribution is -2.47. The van der Waals surface area contributed by atoms with E-state index >= 15 is 0 Å². The van der Waals surface area contributed by atoms with Crippen LogP contribution in [0.2, 0.25) is 0 Å². The van der Waals surface area contributed by atoms with Gasteiger partial charge < -0.3 is 15.4 Å². The Bertz CT molecular complexity index is 205. The van der Waals surface area contributed by atoms with Crippen molar-refractivity contribution in [2.24, 2.45) is 5.92 Å². The molecule has 2 amide bonds. The number of carbonyl (C=O) groups is 1. The fourth-order valence-electron chi connectivity index (χ4n) is 1.64. The fourth-order valence-corrected chi connectivity index (χ4v) is 1.64. The second-order valence-corrected chi connectivity index (χ2v) is 4.38. The van der Waals surface area contributed by atoms with Gasteiger partial charge in [0.25, 0.3) is 0 Å². The average Bonchev–Trinajstić information content (AvgIpc) is 2.11. The van der Waals surface area contributed by atoms with E-state index in [1.54, 1.807) is 7.11 Å². The van der Waals surface area contributed by atoms with Gasteiger partial charge >= 0.3 is 6.03 Å². The van der Waals surface area contributed by atoms with Crippen LogP contribution in [-0.2, 0) is 4.74 Å². The summed E-state index contributed by atoms with van der Waals surface area (Å²) >= 11 is 0. The van der Waals surface area contributed by atoms with E-state index in [0.717, 1.165) is 0 Å². The average molecular weight is 214 g/mol. The van der Waals surface area contributed by atoms with E-state index in [4.69, 9.17) is 4.74 Å². The molecule has 0 spiro atoms. The molecule has 4 nitrogen and oxygen atoms in total.